The van der Waals surface area contributed by atoms with E-state index in [2.05, 4.69) is 0 Å². The van der Waals surface area contributed by atoms with Crippen molar-refractivity contribution in [1.82, 2.24) is 0 Å². The molecule has 2 fully saturated rings. The number of amides is 1. The molecule has 4 atom stereocenters. The Morgan fingerprint density at radius 3 is 2.96 bits per heavy atom. The maximum atomic E-state index is 12.7. The lowest BCUT2D eigenvalue weighted by Gasteiger charge is -2.21. The highest BCUT2D eigenvalue weighted by molar-refractivity contribution is 6.02. The summed E-state index contributed by atoms with van der Waals surface area (Å²) in [6.07, 6.45) is 2.84. The number of non-ortho nitro benzene ring substituents is 1. The molecule has 1 aromatic carbocycles. The molecule has 0 radical (unpaired) electrons. The van der Waals surface area contributed by atoms with Crippen molar-refractivity contribution in [3.8, 4) is 0 Å². The molecule has 2 bridgehead atoms. The molecule has 0 saturated carbocycles. The number of nitrogens with zero attached hydrogens (tertiary/aromatic N) is 2. The second-order valence-electron chi connectivity index (χ2n) is 5.94. The molecule has 1 amide bonds. The molecule has 8 nitrogen and oxygen atoms in total. The normalized spacial score (nSPS) is 34.0. The number of anilines is 1. The van der Waals surface area contributed by atoms with Crippen molar-refractivity contribution in [3.63, 3.8) is 0 Å². The number of nitro benzene ring substituents is 1. The quantitative estimate of drug-likeness (QED) is 0.505. The van der Waals surface area contributed by atoms with Crippen LogP contribution in [0.25, 0.3) is 0 Å². The van der Waals surface area contributed by atoms with E-state index in [9.17, 15) is 24.8 Å². The molecule has 3 aliphatic heterocycles. The Morgan fingerprint density at radius 2 is 2.26 bits per heavy atom. The summed E-state index contributed by atoms with van der Waals surface area (Å²) in [4.78, 5) is 36.0. The third-order valence-electron chi connectivity index (χ3n) is 4.74. The fourth-order valence-electron chi connectivity index (χ4n) is 3.77. The molecule has 8 heteroatoms. The van der Waals surface area contributed by atoms with Gasteiger partial charge in [0.2, 0.25) is 5.91 Å². The number of carbonyl (C=O) groups is 2. The molecule has 0 unspecified atom stereocenters. The Kier molecular flexibility index (Phi) is 2.65. The minimum Gasteiger partial charge on any atom is -0.481 e. The van der Waals surface area contributed by atoms with Crippen LogP contribution in [0.2, 0.25) is 0 Å². The average Bonchev–Trinajstić information content (AvgIpc) is 3.15. The second-order valence-corrected chi connectivity index (χ2v) is 5.94. The highest BCUT2D eigenvalue weighted by Crippen LogP contribution is 2.52. The van der Waals surface area contributed by atoms with Crippen LogP contribution in [-0.2, 0) is 14.3 Å². The van der Waals surface area contributed by atoms with Crippen LogP contribution in [-0.4, -0.2) is 40.2 Å². The molecule has 4 rings (SSSR count). The van der Waals surface area contributed by atoms with E-state index in [0.29, 0.717) is 5.69 Å². The van der Waals surface area contributed by atoms with Crippen molar-refractivity contribution < 1.29 is 24.4 Å². The van der Waals surface area contributed by atoms with Gasteiger partial charge in [0, 0.05) is 12.1 Å². The Bertz CT molecular complexity index is 775. The zero-order valence-electron chi connectivity index (χ0n) is 11.8. The lowest BCUT2D eigenvalue weighted by atomic mass is 9.77. The van der Waals surface area contributed by atoms with Gasteiger partial charge in [0.15, 0.2) is 0 Å². The molecule has 1 N–H and O–H groups in total. The second kappa shape index (κ2) is 4.39. The summed E-state index contributed by atoms with van der Waals surface area (Å²) >= 11 is 0. The number of carboxylic acid groups (broad SMARTS) is 1. The summed E-state index contributed by atoms with van der Waals surface area (Å²) in [7, 11) is 0. The van der Waals surface area contributed by atoms with Crippen molar-refractivity contribution in [3.05, 3.63) is 46.5 Å². The number of nitro groups is 1. The molecule has 3 heterocycles. The van der Waals surface area contributed by atoms with Gasteiger partial charge in [0.25, 0.3) is 5.69 Å². The Balaban J connectivity index is 1.73. The Labute approximate surface area is 130 Å². The van der Waals surface area contributed by atoms with E-state index in [1.165, 1.54) is 23.1 Å². The van der Waals surface area contributed by atoms with Crippen molar-refractivity contribution in [1.29, 1.82) is 0 Å². The van der Waals surface area contributed by atoms with Crippen molar-refractivity contribution in [2.24, 2.45) is 11.8 Å². The summed E-state index contributed by atoms with van der Waals surface area (Å²) in [5.74, 6) is -3.16. The van der Waals surface area contributed by atoms with Crippen molar-refractivity contribution in [2.45, 2.75) is 11.7 Å². The molecule has 23 heavy (non-hydrogen) atoms. The molecule has 0 aromatic heterocycles. The van der Waals surface area contributed by atoms with Crippen molar-refractivity contribution in [2.75, 3.05) is 11.4 Å². The fraction of sp³-hybridized carbons (Fsp3) is 0.333. The van der Waals surface area contributed by atoms with Crippen LogP contribution in [0.5, 0.6) is 0 Å². The smallest absolute Gasteiger partial charge is 0.310 e. The fourth-order valence-corrected chi connectivity index (χ4v) is 3.77. The molecule has 118 valence electrons. The number of carbonyl (C=O) groups excluding carboxylic acids is 1. The number of hydrogen-bond donors (Lipinski definition) is 1. The molecule has 1 spiro atoms. The van der Waals surface area contributed by atoms with E-state index in [-0.39, 0.29) is 18.1 Å². The van der Waals surface area contributed by atoms with Crippen LogP contribution in [0.1, 0.15) is 0 Å². The molecule has 3 aliphatic rings. The predicted molar refractivity (Wildman–Crippen MR) is 76.8 cm³/mol. The molecule has 0 aliphatic carbocycles. The molecule has 2 saturated heterocycles. The molecular weight excluding hydrogens is 304 g/mol. The largest absolute Gasteiger partial charge is 0.481 e. The number of fused-ring (bicyclic) bond motifs is 1. The minimum absolute atomic E-state index is 0.125. The number of carboxylic acids is 1. The van der Waals surface area contributed by atoms with Gasteiger partial charge < -0.3 is 14.7 Å². The van der Waals surface area contributed by atoms with E-state index >= 15 is 0 Å². The standard InChI is InChI=1S/C15H12N2O6/c18-13-12-11(14(19)20)10-4-5-15(12,23-10)7-16(13)8-2-1-3-9(6-8)17(21)22/h1-6,10-12H,7H2,(H,19,20)/t10-,11-,12+,15-/m1/s1. The van der Waals surface area contributed by atoms with Crippen LogP contribution in [0, 0.1) is 22.0 Å². The first-order valence-electron chi connectivity index (χ1n) is 7.09. The highest BCUT2D eigenvalue weighted by atomic mass is 16.6. The highest BCUT2D eigenvalue weighted by Gasteiger charge is 2.67. The van der Waals surface area contributed by atoms with E-state index < -0.39 is 34.4 Å². The maximum Gasteiger partial charge on any atom is 0.310 e. The number of hydrogen-bond acceptors (Lipinski definition) is 5. The van der Waals surface area contributed by atoms with Crippen LogP contribution >= 0.6 is 0 Å². The summed E-state index contributed by atoms with van der Waals surface area (Å²) in [5.41, 5.74) is -0.701. The number of aliphatic carboxylic acids is 1. The van der Waals surface area contributed by atoms with E-state index in [4.69, 9.17) is 4.74 Å². The first-order valence-corrected chi connectivity index (χ1v) is 7.09. The topological polar surface area (TPSA) is 110 Å². The third kappa shape index (κ3) is 1.75. The van der Waals surface area contributed by atoms with Gasteiger partial charge in [0.05, 0.1) is 29.2 Å². The minimum atomic E-state index is -1.07. The van der Waals surface area contributed by atoms with Crippen LogP contribution in [0.3, 0.4) is 0 Å². The van der Waals surface area contributed by atoms with Gasteiger partial charge >= 0.3 is 5.97 Å². The summed E-state index contributed by atoms with van der Waals surface area (Å²) in [6.45, 7) is 0.161. The van der Waals surface area contributed by atoms with E-state index in [0.717, 1.165) is 0 Å². The summed E-state index contributed by atoms with van der Waals surface area (Å²) < 4.78 is 5.77. The number of benzene rings is 1. The van der Waals surface area contributed by atoms with Gasteiger partial charge in [-0.3, -0.25) is 19.7 Å². The summed E-state index contributed by atoms with van der Waals surface area (Å²) in [5, 5.41) is 20.3. The first-order chi connectivity index (χ1) is 10.9. The average molecular weight is 316 g/mol. The zero-order chi connectivity index (χ0) is 16.4. The van der Waals surface area contributed by atoms with Crippen molar-refractivity contribution >= 4 is 23.3 Å². The van der Waals surface area contributed by atoms with Crippen LogP contribution < -0.4 is 4.90 Å². The lowest BCUT2D eigenvalue weighted by Crippen LogP contribution is -2.39. The van der Waals surface area contributed by atoms with Gasteiger partial charge in [-0.2, -0.15) is 0 Å². The summed E-state index contributed by atoms with van der Waals surface area (Å²) in [6, 6.07) is 5.73. The lowest BCUT2D eigenvalue weighted by molar-refractivity contribution is -0.384. The molecule has 1 aromatic rings. The number of rotatable bonds is 3. The van der Waals surface area contributed by atoms with Crippen LogP contribution in [0.4, 0.5) is 11.4 Å². The van der Waals surface area contributed by atoms with E-state index in [1.54, 1.807) is 18.2 Å². The first kappa shape index (κ1) is 13.9. The zero-order valence-corrected chi connectivity index (χ0v) is 11.8. The van der Waals surface area contributed by atoms with Crippen LogP contribution in [0.15, 0.2) is 36.4 Å². The van der Waals surface area contributed by atoms with Gasteiger partial charge in [0.1, 0.15) is 11.5 Å². The van der Waals surface area contributed by atoms with Gasteiger partial charge in [-0.1, -0.05) is 18.2 Å². The van der Waals surface area contributed by atoms with Gasteiger partial charge in [-0.25, -0.2) is 0 Å². The Morgan fingerprint density at radius 1 is 1.48 bits per heavy atom. The predicted octanol–water partition coefficient (Wildman–Crippen LogP) is 0.966. The number of ether oxygens (including phenoxy) is 1. The maximum absolute atomic E-state index is 12.7. The SMILES string of the molecule is O=C(O)[C@H]1[C@H]2C(=O)N(c3cccc([N+](=O)[O-])c3)C[C@]23C=C[C@H]1O3. The third-order valence-corrected chi connectivity index (χ3v) is 4.74. The Hall–Kier alpha value is -2.74. The van der Waals surface area contributed by atoms with E-state index in [1.807, 2.05) is 0 Å². The monoisotopic (exact) mass is 316 g/mol. The van der Waals surface area contributed by atoms with Gasteiger partial charge in [-0.05, 0) is 6.07 Å². The van der Waals surface area contributed by atoms with Gasteiger partial charge in [-0.15, -0.1) is 0 Å². The molecular formula is C15H12N2O6.